The summed E-state index contributed by atoms with van der Waals surface area (Å²) < 4.78 is 56.6. The first-order chi connectivity index (χ1) is 34.8. The Morgan fingerprint density at radius 2 is 1.27 bits per heavy atom. The molecule has 2 heterocycles. The van der Waals surface area contributed by atoms with E-state index in [0.29, 0.717) is 12.8 Å². The average molecular weight is 1080 g/mol. The van der Waals surface area contributed by atoms with Crippen LogP contribution in [0.1, 0.15) is 175 Å². The molecule has 1 aliphatic heterocycles. The Morgan fingerprint density at radius 1 is 0.740 bits per heavy atom. The molecule has 2 unspecified atom stereocenters. The number of nitrogens with zero attached hydrogens (tertiary/aromatic N) is 2. The first kappa shape index (κ1) is 65.8. The lowest BCUT2D eigenvalue weighted by Crippen LogP contribution is -2.36. The zero-order valence-electron chi connectivity index (χ0n) is 43.3. The molecular formula is C51H87N3O17P2. The van der Waals surface area contributed by atoms with Gasteiger partial charge in [-0.15, -0.1) is 0 Å². The zero-order valence-corrected chi connectivity index (χ0v) is 45.1. The maximum atomic E-state index is 12.9. The number of esters is 2. The van der Waals surface area contributed by atoms with Gasteiger partial charge in [-0.3, -0.25) is 23.2 Å². The molecule has 0 aromatic carbocycles. The summed E-state index contributed by atoms with van der Waals surface area (Å²) in [4.78, 5) is 62.0. The summed E-state index contributed by atoms with van der Waals surface area (Å²) in [5, 5.41) is 41.2. The highest BCUT2D eigenvalue weighted by Crippen LogP contribution is 2.60. The molecule has 0 amide bonds. The van der Waals surface area contributed by atoms with E-state index in [9.17, 15) is 53.7 Å². The Hall–Kier alpha value is -3.36. The van der Waals surface area contributed by atoms with Crippen LogP contribution in [0.4, 0.5) is 5.82 Å². The molecule has 9 atom stereocenters. The van der Waals surface area contributed by atoms with Crippen LogP contribution < -0.4 is 11.4 Å². The van der Waals surface area contributed by atoms with E-state index in [2.05, 4.69) is 30.1 Å². The summed E-state index contributed by atoms with van der Waals surface area (Å²) in [5.74, 6) is -0.763. The number of aliphatic hydroxyl groups is 4. The molecule has 73 heavy (non-hydrogen) atoms. The molecular weight excluding hydrogens is 989 g/mol. The number of hydrogen-bond donors (Lipinski definition) is 7. The van der Waals surface area contributed by atoms with E-state index in [-0.39, 0.29) is 31.5 Å². The van der Waals surface area contributed by atoms with Crippen LogP contribution in [0.2, 0.25) is 0 Å². The third-order valence-corrected chi connectivity index (χ3v) is 14.4. The van der Waals surface area contributed by atoms with Crippen LogP contribution in [0, 0.1) is 5.92 Å². The fourth-order valence-electron chi connectivity index (χ4n) is 7.65. The SMILES string of the molecule is CCCCC[C@H](O)/C=C/C=C\C/C=C\C=C\[C@H](O)CCCC(=O)OC[C@H](COP(=O)(O)OP(=O)(O)OC[C@H]1O[C@@H](n2ccc(N)nc2=O)[C@H](O)[C@@H]1O)OC(=O)CCCCCCCCCCCCCCCC(C)C. The molecule has 20 nitrogen and oxygen atoms in total. The van der Waals surface area contributed by atoms with Gasteiger partial charge in [-0.2, -0.15) is 9.29 Å². The summed E-state index contributed by atoms with van der Waals surface area (Å²) in [5.41, 5.74) is 4.57. The van der Waals surface area contributed by atoms with Gasteiger partial charge in [0.05, 0.1) is 25.4 Å². The highest BCUT2D eigenvalue weighted by atomic mass is 31.3. The van der Waals surface area contributed by atoms with E-state index < -0.39 is 95.9 Å². The summed E-state index contributed by atoms with van der Waals surface area (Å²) in [6.45, 7) is 4.14. The molecule has 0 saturated carbocycles. The number of phosphoric ester groups is 2. The molecule has 1 aromatic heterocycles. The van der Waals surface area contributed by atoms with Crippen LogP contribution in [0.25, 0.3) is 0 Å². The number of ether oxygens (including phenoxy) is 3. The second kappa shape index (κ2) is 38.2. The number of carbonyl (C=O) groups is 2. The number of nitrogen functional groups attached to an aromatic ring is 1. The van der Waals surface area contributed by atoms with Gasteiger partial charge < -0.3 is 50.2 Å². The molecule has 418 valence electrons. The van der Waals surface area contributed by atoms with Crippen molar-refractivity contribution in [2.75, 3.05) is 25.6 Å². The lowest BCUT2D eigenvalue weighted by molar-refractivity contribution is -0.161. The molecule has 1 aliphatic rings. The summed E-state index contributed by atoms with van der Waals surface area (Å²) >= 11 is 0. The van der Waals surface area contributed by atoms with Gasteiger partial charge in [0.25, 0.3) is 0 Å². The maximum absolute atomic E-state index is 12.9. The minimum Gasteiger partial charge on any atom is -0.462 e. The van der Waals surface area contributed by atoms with Crippen molar-refractivity contribution in [1.82, 2.24) is 9.55 Å². The second-order valence-electron chi connectivity index (χ2n) is 18.9. The molecule has 0 bridgehead atoms. The number of hydrogen-bond acceptors (Lipinski definition) is 17. The van der Waals surface area contributed by atoms with Crippen molar-refractivity contribution in [3.63, 3.8) is 0 Å². The standard InChI is InChI=1S/C51H87N3O17P2/c1-4-5-22-29-41(55)30-24-19-15-13-16-20-25-31-42(56)32-27-34-46(57)66-37-43(69-47(58)33-26-21-17-12-10-8-6-7-9-11-14-18-23-28-40(2)3)38-67-72(62,63)71-73(64,65)68-39-44-48(59)49(60)50(70-44)54-36-35-45(52)53-51(54)61/h15-16,19-20,24-25,30-31,35-36,40-44,48-50,55-56,59-60H,4-14,17-18,21-23,26-29,32-34,37-39H2,1-3H3,(H,62,63)(H,64,65)(H2,52,53,61)/b19-15-,20-16-,30-24+,31-25+/t41-,42-,43+,44+,48+,49+,50+/m0/s1. The number of carbonyl (C=O) groups excluding carboxylic acids is 2. The van der Waals surface area contributed by atoms with Gasteiger partial charge in [0.15, 0.2) is 12.3 Å². The molecule has 0 spiro atoms. The van der Waals surface area contributed by atoms with Crippen molar-refractivity contribution < 1.29 is 76.5 Å². The number of aliphatic hydroxyl groups excluding tert-OH is 4. The predicted molar refractivity (Wildman–Crippen MR) is 278 cm³/mol. The Bertz CT molecular complexity index is 1960. The van der Waals surface area contributed by atoms with Crippen LogP contribution in [-0.4, -0.2) is 108 Å². The number of anilines is 1. The van der Waals surface area contributed by atoms with Crippen molar-refractivity contribution in [3.05, 3.63) is 71.4 Å². The first-order valence-corrected chi connectivity index (χ1v) is 29.2. The predicted octanol–water partition coefficient (Wildman–Crippen LogP) is 8.75. The first-order valence-electron chi connectivity index (χ1n) is 26.2. The number of rotatable bonds is 42. The minimum atomic E-state index is -5.47. The van der Waals surface area contributed by atoms with Crippen molar-refractivity contribution in [1.29, 1.82) is 0 Å². The van der Waals surface area contributed by atoms with Crippen molar-refractivity contribution in [2.45, 2.75) is 211 Å². The maximum Gasteiger partial charge on any atom is 0.481 e. The van der Waals surface area contributed by atoms with Crippen LogP contribution in [0.5, 0.6) is 0 Å². The van der Waals surface area contributed by atoms with E-state index in [1.165, 1.54) is 63.9 Å². The topological polar surface area (TPSA) is 306 Å². The summed E-state index contributed by atoms with van der Waals surface area (Å²) in [7, 11) is -10.9. The molecule has 8 N–H and O–H groups in total. The smallest absolute Gasteiger partial charge is 0.462 e. The summed E-state index contributed by atoms with van der Waals surface area (Å²) in [6.07, 6.45) is 26.9. The van der Waals surface area contributed by atoms with Gasteiger partial charge >= 0.3 is 33.3 Å². The largest absolute Gasteiger partial charge is 0.481 e. The molecule has 1 aromatic rings. The number of phosphoric acid groups is 2. The fraction of sp³-hybridized carbons (Fsp3) is 0.725. The Balaban J connectivity index is 1.85. The zero-order chi connectivity index (χ0) is 53.9. The van der Waals surface area contributed by atoms with Crippen LogP contribution in [0.3, 0.4) is 0 Å². The third kappa shape index (κ3) is 32.0. The van der Waals surface area contributed by atoms with E-state index in [1.54, 1.807) is 24.3 Å². The number of unbranched alkanes of at least 4 members (excludes halogenated alkanes) is 14. The minimum absolute atomic E-state index is 0.00159. The number of aromatic nitrogens is 2. The van der Waals surface area contributed by atoms with Gasteiger partial charge in [0.1, 0.15) is 30.7 Å². The normalized spacial score (nSPS) is 20.3. The third-order valence-electron chi connectivity index (χ3n) is 11.8. The molecule has 2 rings (SSSR count). The van der Waals surface area contributed by atoms with Crippen molar-refractivity contribution in [2.24, 2.45) is 5.92 Å². The highest BCUT2D eigenvalue weighted by Gasteiger charge is 2.46. The highest BCUT2D eigenvalue weighted by molar-refractivity contribution is 7.61. The van der Waals surface area contributed by atoms with E-state index in [4.69, 9.17) is 29.0 Å². The lowest BCUT2D eigenvalue weighted by Gasteiger charge is -2.21. The Morgan fingerprint density at radius 3 is 1.85 bits per heavy atom. The van der Waals surface area contributed by atoms with Gasteiger partial charge in [-0.1, -0.05) is 172 Å². The molecule has 0 radical (unpaired) electrons. The van der Waals surface area contributed by atoms with Crippen molar-refractivity contribution in [3.8, 4) is 0 Å². The average Bonchev–Trinajstić information content (AvgIpc) is 3.60. The van der Waals surface area contributed by atoms with Crippen LogP contribution in [0.15, 0.2) is 65.7 Å². The van der Waals surface area contributed by atoms with Gasteiger partial charge in [-0.25, -0.2) is 13.9 Å². The van der Waals surface area contributed by atoms with Gasteiger partial charge in [0.2, 0.25) is 0 Å². The number of nitrogens with two attached hydrogens (primary N) is 1. The lowest BCUT2D eigenvalue weighted by atomic mass is 10.0. The van der Waals surface area contributed by atoms with Crippen LogP contribution >= 0.6 is 15.6 Å². The molecule has 1 fully saturated rings. The van der Waals surface area contributed by atoms with E-state index >= 15 is 0 Å². The second-order valence-corrected chi connectivity index (χ2v) is 22.0. The Labute approximate surface area is 432 Å². The fourth-order valence-corrected chi connectivity index (χ4v) is 9.76. The summed E-state index contributed by atoms with van der Waals surface area (Å²) in [6, 6.07) is 1.23. The Kier molecular flexibility index (Phi) is 34.4. The molecule has 22 heteroatoms. The van der Waals surface area contributed by atoms with Crippen LogP contribution in [-0.2, 0) is 46.3 Å². The van der Waals surface area contributed by atoms with E-state index in [0.717, 1.165) is 68.0 Å². The quantitative estimate of drug-likeness (QED) is 0.0139. The number of allylic oxidation sites excluding steroid dienone is 6. The monoisotopic (exact) mass is 1080 g/mol. The van der Waals surface area contributed by atoms with Gasteiger partial charge in [-0.05, 0) is 44.1 Å². The molecule has 0 aliphatic carbocycles. The van der Waals surface area contributed by atoms with E-state index in [1.807, 2.05) is 24.3 Å². The molecule has 1 saturated heterocycles. The van der Waals surface area contributed by atoms with Gasteiger partial charge in [0, 0.05) is 19.0 Å². The van der Waals surface area contributed by atoms with Crippen molar-refractivity contribution >= 4 is 33.4 Å².